The third-order valence-corrected chi connectivity index (χ3v) is 7.28. The van der Waals surface area contributed by atoms with Crippen molar-refractivity contribution in [2.75, 3.05) is 0 Å². The van der Waals surface area contributed by atoms with Crippen LogP contribution in [0.4, 0.5) is 48.3 Å². The summed E-state index contributed by atoms with van der Waals surface area (Å²) >= 11 is 0. The topological polar surface area (TPSA) is 143 Å². The molecular weight excluding hydrogens is 684 g/mol. The van der Waals surface area contributed by atoms with E-state index in [9.17, 15) is 42.1 Å². The second kappa shape index (κ2) is 12.3. The highest BCUT2D eigenvalue weighted by Gasteiger charge is 2.46. The minimum Gasteiger partial charge on any atom is -0.205 e. The zero-order chi connectivity index (χ0) is 36.1. The van der Waals surface area contributed by atoms with Crippen LogP contribution in [0, 0.1) is 132 Å². The summed E-state index contributed by atoms with van der Waals surface area (Å²) in [5.41, 5.74) is -19.1. The average molecular weight is 686 g/mol. The summed E-state index contributed by atoms with van der Waals surface area (Å²) < 4.78 is 163. The molecule has 0 aromatic heterocycles. The number of benzene rings is 3. The second-order valence-corrected chi connectivity index (χ2v) is 9.62. The number of nitrogens with zero attached hydrogens (tertiary/aromatic N) is 6. The van der Waals surface area contributed by atoms with Crippen LogP contribution in [0.2, 0.25) is 0 Å². The van der Waals surface area contributed by atoms with Gasteiger partial charge in [-0.3, -0.25) is 0 Å². The largest absolute Gasteiger partial charge is 0.205 e. The first kappa shape index (κ1) is 34.4. The Kier molecular flexibility index (Phi) is 8.84. The van der Waals surface area contributed by atoms with Crippen molar-refractivity contribution in [3.63, 3.8) is 0 Å². The molecule has 234 valence electrons. The van der Waals surface area contributed by atoms with Gasteiger partial charge in [-0.1, -0.05) is 0 Å². The highest BCUT2D eigenvalue weighted by atomic mass is 31.0. The van der Waals surface area contributed by atoms with Gasteiger partial charge < -0.3 is 0 Å². The molecule has 0 spiro atoms. The van der Waals surface area contributed by atoms with E-state index in [1.54, 1.807) is 0 Å². The van der Waals surface area contributed by atoms with Gasteiger partial charge in [0.1, 0.15) is 53.1 Å². The Morgan fingerprint density at radius 1 is 0.354 bits per heavy atom. The summed E-state index contributed by atoms with van der Waals surface area (Å²) in [7, 11) is 1.47. The number of allylic oxidation sites excluding steroid dienone is 6. The average Bonchev–Trinajstić information content (AvgIpc) is 3.78. The Bertz CT molecular complexity index is 2070. The molecule has 3 aromatic rings. The van der Waals surface area contributed by atoms with Crippen LogP contribution in [0.5, 0.6) is 0 Å². The molecule has 48 heavy (non-hydrogen) atoms. The van der Waals surface area contributed by atoms with E-state index >= 15 is 22.0 Å². The van der Waals surface area contributed by atoms with Crippen molar-refractivity contribution in [3.8, 4) is 36.4 Å². The maximum Gasteiger partial charge on any atom is 0.180 e. The van der Waals surface area contributed by atoms with Crippen molar-refractivity contribution in [1.29, 1.82) is 31.6 Å². The molecule has 0 aliphatic heterocycles. The lowest BCUT2D eigenvalue weighted by Crippen LogP contribution is -2.15. The first-order chi connectivity index (χ1) is 22.6. The Morgan fingerprint density at radius 3 is 0.833 bits per heavy atom. The van der Waals surface area contributed by atoms with Crippen LogP contribution in [0.15, 0.2) is 16.7 Å². The fourth-order valence-electron chi connectivity index (χ4n) is 4.57. The number of halogens is 11. The van der Waals surface area contributed by atoms with E-state index < -0.39 is 136 Å². The van der Waals surface area contributed by atoms with E-state index in [0.717, 1.165) is 30.3 Å². The van der Waals surface area contributed by atoms with Crippen LogP contribution in [0.25, 0.3) is 16.7 Å². The first-order valence-electron chi connectivity index (χ1n) is 12.0. The van der Waals surface area contributed by atoms with Gasteiger partial charge in [0, 0.05) is 27.6 Å². The van der Waals surface area contributed by atoms with Crippen LogP contribution in [-0.4, -0.2) is 0 Å². The Morgan fingerprint density at radius 2 is 0.583 bits per heavy atom. The molecule has 1 aliphatic carbocycles. The van der Waals surface area contributed by atoms with Crippen LogP contribution < -0.4 is 5.30 Å². The third-order valence-electron chi connectivity index (χ3n) is 6.74. The quantitative estimate of drug-likeness (QED) is 0.132. The molecule has 18 heteroatoms. The molecule has 4 rings (SSSR count). The molecule has 0 N–H and O–H groups in total. The van der Waals surface area contributed by atoms with Crippen molar-refractivity contribution in [2.24, 2.45) is 0 Å². The van der Waals surface area contributed by atoms with Gasteiger partial charge in [0.25, 0.3) is 0 Å². The molecule has 0 bridgehead atoms. The molecular formula is C30H2F11N6P. The molecule has 0 radical (unpaired) electrons. The zero-order valence-electron chi connectivity index (χ0n) is 22.4. The zero-order valence-corrected chi connectivity index (χ0v) is 23.6. The molecule has 1 saturated carbocycles. The summed E-state index contributed by atoms with van der Waals surface area (Å²) in [4.78, 5) is 0. The van der Waals surface area contributed by atoms with Gasteiger partial charge in [-0.05, 0) is 0 Å². The van der Waals surface area contributed by atoms with E-state index in [4.69, 9.17) is 15.8 Å². The normalized spacial score (nSPS) is 14.9. The molecule has 0 amide bonds. The van der Waals surface area contributed by atoms with Crippen molar-refractivity contribution < 1.29 is 48.3 Å². The fraction of sp³-hybridized carbons (Fsp3) is 0. The van der Waals surface area contributed by atoms with E-state index in [1.807, 2.05) is 0 Å². The molecule has 1 aliphatic rings. The smallest absolute Gasteiger partial charge is 0.180 e. The number of hydrogen-bond acceptors (Lipinski definition) is 6. The van der Waals surface area contributed by atoms with Crippen molar-refractivity contribution in [1.82, 2.24) is 0 Å². The Balaban J connectivity index is 2.38. The molecule has 6 nitrogen and oxygen atoms in total. The summed E-state index contributed by atoms with van der Waals surface area (Å²) in [6, 6.07) is 5.87. The molecule has 1 unspecified atom stereocenters. The lowest BCUT2D eigenvalue weighted by molar-refractivity contribution is 0.446. The third kappa shape index (κ3) is 4.70. The lowest BCUT2D eigenvalue weighted by Gasteiger charge is -2.10. The van der Waals surface area contributed by atoms with Crippen LogP contribution in [0.1, 0.15) is 33.4 Å². The fourth-order valence-corrected chi connectivity index (χ4v) is 4.98. The van der Waals surface area contributed by atoms with Gasteiger partial charge in [-0.15, -0.1) is 9.24 Å². The first-order valence-corrected chi connectivity index (χ1v) is 12.5. The van der Waals surface area contributed by atoms with Gasteiger partial charge >= 0.3 is 0 Å². The minimum absolute atomic E-state index is 0.805. The molecule has 3 aromatic carbocycles. The van der Waals surface area contributed by atoms with Gasteiger partial charge in [-0.2, -0.15) is 31.6 Å². The summed E-state index contributed by atoms with van der Waals surface area (Å²) in [5, 5.41) is 55.3. The standard InChI is InChI=1S/C30H2F11N6P/c31-19-10(4-45)20(32)26(38)16(25(19)37)7(1-42)13-14(8(2-43)17-27(39)21(33)11(5-46)22(34)28(17)40)15(13)9(3-44)18-29(41)23(35)12(6-47)24(36)30(18)48/h48H2/b13-7+,14-8?,15-9+. The lowest BCUT2D eigenvalue weighted by atomic mass is 9.99. The maximum absolute atomic E-state index is 15.3. The maximum atomic E-state index is 15.3. The molecule has 1 fully saturated rings. The van der Waals surface area contributed by atoms with Crippen LogP contribution in [0.3, 0.4) is 0 Å². The van der Waals surface area contributed by atoms with Gasteiger partial charge in [-0.25, -0.2) is 48.3 Å². The molecule has 1 atom stereocenters. The van der Waals surface area contributed by atoms with E-state index in [2.05, 4.69) is 0 Å². The van der Waals surface area contributed by atoms with Gasteiger partial charge in [0.05, 0.1) is 27.8 Å². The predicted molar refractivity (Wildman–Crippen MR) is 140 cm³/mol. The molecule has 0 saturated heterocycles. The highest BCUT2D eigenvalue weighted by Crippen LogP contribution is 2.57. The summed E-state index contributed by atoms with van der Waals surface area (Å²) in [5.74, 6) is -25.6. The van der Waals surface area contributed by atoms with E-state index in [-0.39, 0.29) is 0 Å². The minimum atomic E-state index is -2.46. The second-order valence-electron chi connectivity index (χ2n) is 9.04. The molecule has 0 heterocycles. The monoisotopic (exact) mass is 686 g/mol. The van der Waals surface area contributed by atoms with Gasteiger partial charge in [0.15, 0.2) is 64.0 Å². The summed E-state index contributed by atoms with van der Waals surface area (Å²) in [6.07, 6.45) is 0. The number of nitriles is 6. The number of hydrogen-bond donors (Lipinski definition) is 0. The van der Waals surface area contributed by atoms with E-state index in [0.29, 0.717) is 0 Å². The van der Waals surface area contributed by atoms with Crippen LogP contribution in [-0.2, 0) is 0 Å². The van der Waals surface area contributed by atoms with Gasteiger partial charge in [0.2, 0.25) is 0 Å². The Labute approximate surface area is 261 Å². The summed E-state index contributed by atoms with van der Waals surface area (Å²) in [6.45, 7) is 0. The SMILES string of the molecule is N#CC(=C1C(=C(/C#N)c2c(F)c(F)c(C#N)c(F)c2F)/C1=C(/C#N)c1c(F)c(F)c(C#N)c(F)c1P)c1c(F)c(F)c(C#N)c(F)c1F. The van der Waals surface area contributed by atoms with Crippen molar-refractivity contribution in [2.45, 2.75) is 0 Å². The predicted octanol–water partition coefficient (Wildman–Crippen LogP) is 6.58. The highest BCUT2D eigenvalue weighted by molar-refractivity contribution is 7.27. The van der Waals surface area contributed by atoms with Crippen molar-refractivity contribution >= 4 is 31.3 Å². The number of rotatable bonds is 3. The van der Waals surface area contributed by atoms with Crippen LogP contribution >= 0.6 is 9.24 Å². The van der Waals surface area contributed by atoms with E-state index in [1.165, 1.54) is 15.3 Å². The van der Waals surface area contributed by atoms with Crippen molar-refractivity contribution in [3.05, 3.63) is 114 Å². The Hall–Kier alpha value is -6.52.